The maximum Gasteiger partial charge on any atom is 0.242 e. The van der Waals surface area contributed by atoms with Gasteiger partial charge < -0.3 is 25.6 Å². The minimum Gasteiger partial charge on any atom is -0.492 e. The summed E-state index contributed by atoms with van der Waals surface area (Å²) in [6.45, 7) is 7.51. The van der Waals surface area contributed by atoms with Gasteiger partial charge in [-0.1, -0.05) is 19.1 Å². The van der Waals surface area contributed by atoms with Crippen molar-refractivity contribution in [3.8, 4) is 5.75 Å². The molecule has 0 saturated carbocycles. The van der Waals surface area contributed by atoms with Gasteiger partial charge in [0, 0.05) is 37.1 Å². The molecule has 37 heavy (non-hydrogen) atoms. The first-order valence-electron chi connectivity index (χ1n) is 12.2. The number of benzene rings is 2. The van der Waals surface area contributed by atoms with Gasteiger partial charge in [-0.05, 0) is 67.1 Å². The maximum atomic E-state index is 12.4. The van der Waals surface area contributed by atoms with Gasteiger partial charge in [0.05, 0.1) is 22.5 Å². The predicted octanol–water partition coefficient (Wildman–Crippen LogP) is 4.22. The zero-order chi connectivity index (χ0) is 26.4. The van der Waals surface area contributed by atoms with Crippen LogP contribution in [-0.4, -0.2) is 57.7 Å². The van der Waals surface area contributed by atoms with Crippen molar-refractivity contribution in [3.63, 3.8) is 0 Å². The van der Waals surface area contributed by atoms with Gasteiger partial charge in [-0.2, -0.15) is 4.98 Å². The molecule has 0 aliphatic carbocycles. The summed E-state index contributed by atoms with van der Waals surface area (Å²) in [6.07, 6.45) is 2.71. The summed E-state index contributed by atoms with van der Waals surface area (Å²) < 4.78 is 33.8. The minimum absolute atomic E-state index is 0.116. The van der Waals surface area contributed by atoms with Crippen molar-refractivity contribution >= 4 is 54.8 Å². The minimum atomic E-state index is -3.66. The molecule has 0 radical (unpaired) electrons. The highest BCUT2D eigenvalue weighted by Crippen LogP contribution is 2.34. The highest BCUT2D eigenvalue weighted by Gasteiger charge is 2.23. The van der Waals surface area contributed by atoms with Crippen LogP contribution in [0.3, 0.4) is 0 Å². The number of para-hydroxylation sites is 1. The van der Waals surface area contributed by atoms with Crippen molar-refractivity contribution in [2.24, 2.45) is 0 Å². The number of nitrogens with zero attached hydrogens (tertiary/aromatic N) is 3. The molecule has 4 N–H and O–H groups in total. The van der Waals surface area contributed by atoms with E-state index in [1.807, 2.05) is 19.1 Å². The number of ether oxygens (including phenoxy) is 1. The fourth-order valence-electron chi connectivity index (χ4n) is 4.21. The number of sulfonamides is 1. The number of hydrogen-bond donors (Lipinski definition) is 4. The van der Waals surface area contributed by atoms with E-state index in [0.29, 0.717) is 40.3 Å². The monoisotopic (exact) mass is 589 g/mol. The van der Waals surface area contributed by atoms with E-state index < -0.39 is 10.0 Å². The lowest BCUT2D eigenvalue weighted by atomic mass is 10.2. The Kier molecular flexibility index (Phi) is 8.85. The first-order valence-corrected chi connectivity index (χ1v) is 14.5. The third-order valence-electron chi connectivity index (χ3n) is 6.00. The van der Waals surface area contributed by atoms with Crippen molar-refractivity contribution in [2.45, 2.75) is 31.2 Å². The predicted molar refractivity (Wildman–Crippen MR) is 151 cm³/mol. The van der Waals surface area contributed by atoms with Crippen LogP contribution in [0.5, 0.6) is 5.75 Å². The molecule has 0 bridgehead atoms. The molecule has 0 spiro atoms. The molecule has 198 valence electrons. The second kappa shape index (κ2) is 12.1. The molecule has 1 saturated heterocycles. The van der Waals surface area contributed by atoms with Gasteiger partial charge in [0.15, 0.2) is 0 Å². The molecule has 4 rings (SSSR count). The van der Waals surface area contributed by atoms with E-state index in [1.165, 1.54) is 13.1 Å². The van der Waals surface area contributed by atoms with Gasteiger partial charge >= 0.3 is 0 Å². The van der Waals surface area contributed by atoms with Crippen molar-refractivity contribution in [1.82, 2.24) is 20.0 Å². The average molecular weight is 591 g/mol. The van der Waals surface area contributed by atoms with Gasteiger partial charge in [-0.15, -0.1) is 0 Å². The molecule has 1 atom stereocenters. The number of aromatic nitrogens is 2. The Morgan fingerprint density at radius 1 is 1.14 bits per heavy atom. The molecule has 2 aromatic carbocycles. The molecular weight excluding hydrogens is 558 g/mol. The van der Waals surface area contributed by atoms with Gasteiger partial charge in [0.25, 0.3) is 0 Å². The molecule has 10 nitrogen and oxygen atoms in total. The molecular formula is C25H32BrN7O3S. The van der Waals surface area contributed by atoms with Crippen LogP contribution >= 0.6 is 15.9 Å². The molecule has 0 unspecified atom stereocenters. The number of nitrogens with one attached hydrogen (secondary N) is 4. The lowest BCUT2D eigenvalue weighted by Crippen LogP contribution is -2.32. The van der Waals surface area contributed by atoms with Crippen LogP contribution in [0.25, 0.3) is 0 Å². The van der Waals surface area contributed by atoms with Crippen molar-refractivity contribution < 1.29 is 13.2 Å². The summed E-state index contributed by atoms with van der Waals surface area (Å²) >= 11 is 3.45. The van der Waals surface area contributed by atoms with Crippen LogP contribution in [-0.2, 0) is 10.0 Å². The zero-order valence-corrected chi connectivity index (χ0v) is 23.5. The molecule has 1 aromatic heterocycles. The number of anilines is 5. The van der Waals surface area contributed by atoms with E-state index >= 15 is 0 Å². The smallest absolute Gasteiger partial charge is 0.242 e. The Bertz CT molecular complexity index is 1340. The summed E-state index contributed by atoms with van der Waals surface area (Å²) in [5.41, 5.74) is 2.23. The molecule has 2 heterocycles. The number of halogens is 1. The Hall–Kier alpha value is -2.93. The van der Waals surface area contributed by atoms with E-state index in [0.717, 1.165) is 37.4 Å². The van der Waals surface area contributed by atoms with Crippen molar-refractivity contribution in [1.29, 1.82) is 0 Å². The fraction of sp³-hybridized carbons (Fsp3) is 0.360. The Morgan fingerprint density at radius 3 is 2.70 bits per heavy atom. The van der Waals surface area contributed by atoms with Crippen molar-refractivity contribution in [3.05, 3.63) is 53.1 Å². The summed E-state index contributed by atoms with van der Waals surface area (Å²) in [4.78, 5) is 11.4. The first-order chi connectivity index (χ1) is 17.8. The van der Waals surface area contributed by atoms with E-state index in [2.05, 4.69) is 64.5 Å². The molecule has 3 aromatic rings. The number of hydrogen-bond acceptors (Lipinski definition) is 9. The van der Waals surface area contributed by atoms with Crippen LogP contribution in [0.1, 0.15) is 20.3 Å². The second-order valence-electron chi connectivity index (χ2n) is 8.45. The largest absolute Gasteiger partial charge is 0.492 e. The summed E-state index contributed by atoms with van der Waals surface area (Å²) in [5.74, 6) is 1.46. The van der Waals surface area contributed by atoms with Crippen LogP contribution in [0.15, 0.2) is 58.0 Å². The lowest BCUT2D eigenvalue weighted by Gasteiger charge is -2.21. The molecule has 0 amide bonds. The van der Waals surface area contributed by atoms with Gasteiger partial charge in [-0.3, -0.25) is 0 Å². The normalized spacial score (nSPS) is 15.6. The van der Waals surface area contributed by atoms with Crippen LogP contribution in [0.2, 0.25) is 0 Å². The number of rotatable bonds is 11. The van der Waals surface area contributed by atoms with Crippen LogP contribution in [0, 0.1) is 0 Å². The standard InChI is InChI=1S/C25H32BrN7O3S/c1-4-28-17-12-13-33(16-17)18-10-11-20(22(14-18)36-5-2)31-25-29-15-19(26)24(32-25)30-21-8-6-7-9-23(21)37(34,35)27-3/h6-11,14-15,17,27-28H,4-5,12-13,16H2,1-3H3,(H2,29,30,31,32)/t17-/m1/s1. The summed E-state index contributed by atoms with van der Waals surface area (Å²) in [5, 5.41) is 9.87. The van der Waals surface area contributed by atoms with E-state index in [4.69, 9.17) is 4.74 Å². The summed E-state index contributed by atoms with van der Waals surface area (Å²) in [7, 11) is -2.29. The van der Waals surface area contributed by atoms with Gasteiger partial charge in [0.1, 0.15) is 16.5 Å². The number of likely N-dealkylation sites (N-methyl/N-ethyl adjacent to an activating group) is 1. The third kappa shape index (κ3) is 6.50. The van der Waals surface area contributed by atoms with E-state index in [9.17, 15) is 8.42 Å². The Labute approximate surface area is 226 Å². The lowest BCUT2D eigenvalue weighted by molar-refractivity contribution is 0.342. The van der Waals surface area contributed by atoms with E-state index in [1.54, 1.807) is 24.4 Å². The molecule has 1 aliphatic rings. The third-order valence-corrected chi connectivity index (χ3v) is 8.05. The topological polar surface area (TPSA) is 121 Å². The molecule has 12 heteroatoms. The fourth-order valence-corrected chi connectivity index (χ4v) is 5.39. The molecule has 1 aliphatic heterocycles. The Morgan fingerprint density at radius 2 is 1.95 bits per heavy atom. The van der Waals surface area contributed by atoms with Crippen molar-refractivity contribution in [2.75, 3.05) is 48.8 Å². The second-order valence-corrected chi connectivity index (χ2v) is 11.2. The molecule has 1 fully saturated rings. The zero-order valence-electron chi connectivity index (χ0n) is 21.1. The highest BCUT2D eigenvalue weighted by atomic mass is 79.9. The first kappa shape index (κ1) is 27.1. The van der Waals surface area contributed by atoms with Gasteiger partial charge in [0.2, 0.25) is 16.0 Å². The Balaban J connectivity index is 1.57. The SMILES string of the molecule is CCN[C@@H]1CCN(c2ccc(Nc3ncc(Br)c(Nc4ccccc4S(=O)(=O)NC)n3)c(OCC)c2)C1. The van der Waals surface area contributed by atoms with Gasteiger partial charge in [-0.25, -0.2) is 18.1 Å². The van der Waals surface area contributed by atoms with Crippen LogP contribution < -0.4 is 30.3 Å². The highest BCUT2D eigenvalue weighted by molar-refractivity contribution is 9.10. The maximum absolute atomic E-state index is 12.4. The van der Waals surface area contributed by atoms with Crippen LogP contribution in [0.4, 0.5) is 28.8 Å². The summed E-state index contributed by atoms with van der Waals surface area (Å²) in [6, 6.07) is 13.2. The van der Waals surface area contributed by atoms with E-state index in [-0.39, 0.29) is 4.90 Å². The quantitative estimate of drug-likeness (QED) is 0.260. The average Bonchev–Trinajstić information content (AvgIpc) is 3.36.